The monoisotopic (exact) mass is 260 g/mol. The Morgan fingerprint density at radius 2 is 2.11 bits per heavy atom. The zero-order chi connectivity index (χ0) is 13.4. The molecule has 1 aromatic rings. The maximum atomic E-state index is 12.6. The van der Waals surface area contributed by atoms with E-state index in [-0.39, 0.29) is 17.9 Å². The molecule has 1 amide bonds. The molecule has 102 valence electrons. The predicted octanol–water partition coefficient (Wildman–Crippen LogP) is 1.57. The summed E-state index contributed by atoms with van der Waals surface area (Å²) < 4.78 is 0. The number of hydrogen-bond acceptors (Lipinski definition) is 3. The van der Waals surface area contributed by atoms with E-state index in [1.54, 1.807) is 0 Å². The van der Waals surface area contributed by atoms with Crippen molar-refractivity contribution in [1.29, 1.82) is 0 Å². The van der Waals surface area contributed by atoms with Crippen LogP contribution in [0.3, 0.4) is 0 Å². The summed E-state index contributed by atoms with van der Waals surface area (Å²) in [6.07, 6.45) is 1.72. The number of aliphatic hydroxyl groups excluding tert-OH is 1. The van der Waals surface area contributed by atoms with Crippen LogP contribution in [0, 0.1) is 11.8 Å². The first kappa shape index (κ1) is 12.5. The minimum atomic E-state index is -0.220. The lowest BCUT2D eigenvalue weighted by molar-refractivity contribution is 0.0753. The molecule has 0 aromatic heterocycles. The third kappa shape index (κ3) is 2.10. The number of benzene rings is 1. The van der Waals surface area contributed by atoms with Crippen molar-refractivity contribution in [1.82, 2.24) is 4.90 Å². The largest absolute Gasteiger partial charge is 0.393 e. The van der Waals surface area contributed by atoms with Gasteiger partial charge in [0.15, 0.2) is 0 Å². The van der Waals surface area contributed by atoms with E-state index in [9.17, 15) is 9.90 Å². The summed E-state index contributed by atoms with van der Waals surface area (Å²) >= 11 is 0. The SMILES string of the molecule is CNc1ccccc1C(=O)N1CC2CCC(O)C2C1. The number of para-hydroxylation sites is 1. The first-order valence-electron chi connectivity index (χ1n) is 6.95. The molecule has 2 fully saturated rings. The first-order chi connectivity index (χ1) is 9.20. The highest BCUT2D eigenvalue weighted by molar-refractivity contribution is 5.99. The van der Waals surface area contributed by atoms with Crippen molar-refractivity contribution in [2.45, 2.75) is 18.9 Å². The van der Waals surface area contributed by atoms with E-state index in [0.717, 1.165) is 30.6 Å². The van der Waals surface area contributed by atoms with Crippen molar-refractivity contribution in [3.8, 4) is 0 Å². The Labute approximate surface area is 113 Å². The molecule has 1 aliphatic carbocycles. The van der Waals surface area contributed by atoms with Crippen molar-refractivity contribution in [3.05, 3.63) is 29.8 Å². The van der Waals surface area contributed by atoms with Gasteiger partial charge in [0.25, 0.3) is 5.91 Å². The highest BCUT2D eigenvalue weighted by Crippen LogP contribution is 2.38. The number of carbonyl (C=O) groups is 1. The minimum Gasteiger partial charge on any atom is -0.393 e. The fourth-order valence-electron chi connectivity index (χ4n) is 3.46. The Bertz CT molecular complexity index is 489. The number of aliphatic hydroxyl groups is 1. The van der Waals surface area contributed by atoms with Gasteiger partial charge in [-0.2, -0.15) is 0 Å². The van der Waals surface area contributed by atoms with E-state index < -0.39 is 0 Å². The Morgan fingerprint density at radius 1 is 1.32 bits per heavy atom. The predicted molar refractivity (Wildman–Crippen MR) is 74.1 cm³/mol. The molecule has 1 aliphatic heterocycles. The molecule has 1 saturated heterocycles. The van der Waals surface area contributed by atoms with Crippen molar-refractivity contribution in [3.63, 3.8) is 0 Å². The zero-order valence-electron chi connectivity index (χ0n) is 11.2. The van der Waals surface area contributed by atoms with Crippen LogP contribution < -0.4 is 5.32 Å². The van der Waals surface area contributed by atoms with Gasteiger partial charge in [0, 0.05) is 31.7 Å². The lowest BCUT2D eigenvalue weighted by atomic mass is 10.00. The lowest BCUT2D eigenvalue weighted by Crippen LogP contribution is -2.31. The van der Waals surface area contributed by atoms with E-state index >= 15 is 0 Å². The van der Waals surface area contributed by atoms with Crippen LogP contribution in [-0.2, 0) is 0 Å². The molecule has 2 aliphatic rings. The van der Waals surface area contributed by atoms with Gasteiger partial charge in [-0.15, -0.1) is 0 Å². The second-order valence-corrected chi connectivity index (χ2v) is 5.57. The van der Waals surface area contributed by atoms with Crippen LogP contribution >= 0.6 is 0 Å². The highest BCUT2D eigenvalue weighted by Gasteiger charge is 2.43. The summed E-state index contributed by atoms with van der Waals surface area (Å²) in [5, 5.41) is 13.0. The summed E-state index contributed by atoms with van der Waals surface area (Å²) in [4.78, 5) is 14.5. The van der Waals surface area contributed by atoms with E-state index in [4.69, 9.17) is 0 Å². The van der Waals surface area contributed by atoms with Gasteiger partial charge in [-0.1, -0.05) is 12.1 Å². The molecule has 0 radical (unpaired) electrons. The first-order valence-corrected chi connectivity index (χ1v) is 6.95. The molecule has 4 nitrogen and oxygen atoms in total. The number of hydrogen-bond donors (Lipinski definition) is 2. The molecule has 3 unspecified atom stereocenters. The summed E-state index contributed by atoms with van der Waals surface area (Å²) in [6.45, 7) is 1.49. The average molecular weight is 260 g/mol. The normalized spacial score (nSPS) is 29.4. The number of nitrogens with zero attached hydrogens (tertiary/aromatic N) is 1. The second kappa shape index (κ2) is 4.85. The quantitative estimate of drug-likeness (QED) is 0.848. The second-order valence-electron chi connectivity index (χ2n) is 5.57. The molecular formula is C15H20N2O2. The molecule has 19 heavy (non-hydrogen) atoms. The van der Waals surface area contributed by atoms with Gasteiger partial charge in [-0.3, -0.25) is 4.79 Å². The van der Waals surface area contributed by atoms with Gasteiger partial charge in [-0.25, -0.2) is 0 Å². The Balaban J connectivity index is 1.78. The molecule has 0 bridgehead atoms. The lowest BCUT2D eigenvalue weighted by Gasteiger charge is -2.20. The number of rotatable bonds is 2. The topological polar surface area (TPSA) is 52.6 Å². The summed E-state index contributed by atoms with van der Waals surface area (Å²) in [5.41, 5.74) is 1.59. The molecule has 0 spiro atoms. The fourth-order valence-corrected chi connectivity index (χ4v) is 3.46. The summed E-state index contributed by atoms with van der Waals surface area (Å²) in [5.74, 6) is 0.845. The van der Waals surface area contributed by atoms with Gasteiger partial charge in [0.2, 0.25) is 0 Å². The van der Waals surface area contributed by atoms with Crippen LogP contribution in [0.2, 0.25) is 0 Å². The molecule has 1 aromatic carbocycles. The summed E-state index contributed by atoms with van der Waals surface area (Å²) in [7, 11) is 1.83. The van der Waals surface area contributed by atoms with Crippen molar-refractivity contribution in [2.75, 3.05) is 25.5 Å². The van der Waals surface area contributed by atoms with E-state index in [2.05, 4.69) is 5.32 Å². The Morgan fingerprint density at radius 3 is 2.84 bits per heavy atom. The van der Waals surface area contributed by atoms with Crippen LogP contribution in [0.4, 0.5) is 5.69 Å². The van der Waals surface area contributed by atoms with Gasteiger partial charge in [0.05, 0.1) is 11.7 Å². The molecule has 3 rings (SSSR count). The molecule has 4 heteroatoms. The van der Waals surface area contributed by atoms with Gasteiger partial charge in [-0.05, 0) is 30.9 Å². The molecule has 3 atom stereocenters. The van der Waals surface area contributed by atoms with E-state index in [1.807, 2.05) is 36.2 Å². The molecule has 1 heterocycles. The fraction of sp³-hybridized carbons (Fsp3) is 0.533. The van der Waals surface area contributed by atoms with E-state index in [0.29, 0.717) is 12.5 Å². The Kier molecular flexibility index (Phi) is 3.19. The third-order valence-electron chi connectivity index (χ3n) is 4.53. The summed E-state index contributed by atoms with van der Waals surface area (Å²) in [6, 6.07) is 7.59. The smallest absolute Gasteiger partial charge is 0.255 e. The highest BCUT2D eigenvalue weighted by atomic mass is 16.3. The maximum Gasteiger partial charge on any atom is 0.255 e. The van der Waals surface area contributed by atoms with Gasteiger partial charge >= 0.3 is 0 Å². The van der Waals surface area contributed by atoms with E-state index in [1.165, 1.54) is 0 Å². The van der Waals surface area contributed by atoms with Gasteiger partial charge < -0.3 is 15.3 Å². The number of nitrogens with one attached hydrogen (secondary N) is 1. The van der Waals surface area contributed by atoms with Crippen LogP contribution in [-0.4, -0.2) is 42.2 Å². The van der Waals surface area contributed by atoms with Crippen molar-refractivity contribution >= 4 is 11.6 Å². The number of carbonyl (C=O) groups excluding carboxylic acids is 1. The van der Waals surface area contributed by atoms with Crippen molar-refractivity contribution in [2.24, 2.45) is 11.8 Å². The molecular weight excluding hydrogens is 240 g/mol. The molecule has 1 saturated carbocycles. The number of fused-ring (bicyclic) bond motifs is 1. The molecule has 2 N–H and O–H groups in total. The number of anilines is 1. The van der Waals surface area contributed by atoms with Crippen LogP contribution in [0.1, 0.15) is 23.2 Å². The average Bonchev–Trinajstić information content (AvgIpc) is 3.00. The Hall–Kier alpha value is -1.55. The van der Waals surface area contributed by atoms with Crippen LogP contribution in [0.25, 0.3) is 0 Å². The van der Waals surface area contributed by atoms with Crippen LogP contribution in [0.5, 0.6) is 0 Å². The third-order valence-corrected chi connectivity index (χ3v) is 4.53. The minimum absolute atomic E-state index is 0.0755. The van der Waals surface area contributed by atoms with Gasteiger partial charge in [0.1, 0.15) is 0 Å². The standard InChI is InChI=1S/C15H20N2O2/c1-16-13-5-3-2-4-11(13)15(19)17-8-10-6-7-14(18)12(10)9-17/h2-5,10,12,14,16,18H,6-9H2,1H3. The number of likely N-dealkylation sites (tertiary alicyclic amines) is 1. The van der Waals surface area contributed by atoms with Crippen LogP contribution in [0.15, 0.2) is 24.3 Å². The van der Waals surface area contributed by atoms with Crippen molar-refractivity contribution < 1.29 is 9.90 Å². The number of amides is 1. The maximum absolute atomic E-state index is 12.6. The zero-order valence-corrected chi connectivity index (χ0v) is 11.2.